The van der Waals surface area contributed by atoms with Crippen LogP contribution in [0.15, 0.2) is 24.3 Å². The molecule has 13 heavy (non-hydrogen) atoms. The Labute approximate surface area is 81.2 Å². The average Bonchev–Trinajstić information content (AvgIpc) is 2.15. The van der Waals surface area contributed by atoms with Crippen molar-refractivity contribution in [1.82, 2.24) is 0 Å². The first-order valence-corrected chi connectivity index (χ1v) is 4.25. The van der Waals surface area contributed by atoms with Crippen LogP contribution in [-0.2, 0) is 0 Å². The Bertz CT molecular complexity index is 323. The maximum absolute atomic E-state index is 12.5. The topological polar surface area (TPSA) is 20.2 Å². The molecule has 0 heterocycles. The van der Waals surface area contributed by atoms with Crippen LogP contribution in [0.5, 0.6) is 0 Å². The lowest BCUT2D eigenvalue weighted by Gasteiger charge is -2.02. The van der Waals surface area contributed by atoms with Crippen molar-refractivity contribution in [1.29, 1.82) is 0 Å². The van der Waals surface area contributed by atoms with E-state index in [0.717, 1.165) is 0 Å². The monoisotopic (exact) mass is 198 g/mol. The molecule has 0 spiro atoms. The highest BCUT2D eigenvalue weighted by Crippen LogP contribution is 2.11. The third kappa shape index (κ3) is 3.06. The van der Waals surface area contributed by atoms with E-state index in [2.05, 4.69) is 11.8 Å². The molecule has 3 heteroatoms. The summed E-state index contributed by atoms with van der Waals surface area (Å²) in [6.45, 7) is 0. The maximum Gasteiger partial charge on any atom is 0.140 e. The minimum Gasteiger partial charge on any atom is -0.376 e. The smallest absolute Gasteiger partial charge is 0.140 e. The molecule has 0 bridgehead atoms. The van der Waals surface area contributed by atoms with E-state index in [-0.39, 0.29) is 11.7 Å². The van der Waals surface area contributed by atoms with Crippen molar-refractivity contribution < 1.29 is 9.50 Å². The van der Waals surface area contributed by atoms with E-state index in [1.807, 2.05) is 0 Å². The van der Waals surface area contributed by atoms with Gasteiger partial charge in [-0.15, -0.1) is 11.6 Å². The van der Waals surface area contributed by atoms with Crippen molar-refractivity contribution in [3.05, 3.63) is 35.6 Å². The van der Waals surface area contributed by atoms with Crippen LogP contribution in [0.25, 0.3) is 0 Å². The normalized spacial score (nSPS) is 11.6. The highest BCUT2D eigenvalue weighted by Gasteiger charge is 2.02. The summed E-state index contributed by atoms with van der Waals surface area (Å²) >= 11 is 5.31. The number of benzene rings is 1. The van der Waals surface area contributed by atoms with Gasteiger partial charge in [0.15, 0.2) is 0 Å². The van der Waals surface area contributed by atoms with Gasteiger partial charge < -0.3 is 5.11 Å². The zero-order valence-electron chi connectivity index (χ0n) is 6.80. The Morgan fingerprint density at radius 3 is 2.54 bits per heavy atom. The van der Waals surface area contributed by atoms with Crippen LogP contribution in [0.3, 0.4) is 0 Å². The summed E-state index contributed by atoms with van der Waals surface area (Å²) in [5.74, 6) is 4.90. The number of aliphatic hydroxyl groups excluding tert-OH is 1. The summed E-state index contributed by atoms with van der Waals surface area (Å²) in [7, 11) is 0. The van der Waals surface area contributed by atoms with Gasteiger partial charge in [0.25, 0.3) is 0 Å². The van der Waals surface area contributed by atoms with Crippen molar-refractivity contribution in [2.45, 2.75) is 6.10 Å². The Hall–Kier alpha value is -1.04. The Morgan fingerprint density at radius 1 is 1.38 bits per heavy atom. The fourth-order valence-electron chi connectivity index (χ4n) is 0.864. The zero-order valence-corrected chi connectivity index (χ0v) is 7.55. The predicted octanol–water partition coefficient (Wildman–Crippen LogP) is 2.10. The Morgan fingerprint density at radius 2 is 2.00 bits per heavy atom. The van der Waals surface area contributed by atoms with E-state index in [4.69, 9.17) is 11.6 Å². The molecule has 1 unspecified atom stereocenters. The summed E-state index contributed by atoms with van der Waals surface area (Å²) < 4.78 is 12.5. The summed E-state index contributed by atoms with van der Waals surface area (Å²) in [6, 6.07) is 5.54. The minimum absolute atomic E-state index is 0.179. The van der Waals surface area contributed by atoms with Gasteiger partial charge in [0.1, 0.15) is 11.9 Å². The standard InChI is InChI=1S/C10H8ClFO/c11-7-1-2-10(13)8-3-5-9(12)6-4-8/h3-6,10,13H,7H2. The minimum atomic E-state index is -0.889. The average molecular weight is 199 g/mol. The lowest BCUT2D eigenvalue weighted by molar-refractivity contribution is 0.238. The van der Waals surface area contributed by atoms with E-state index in [1.54, 1.807) is 0 Å². The van der Waals surface area contributed by atoms with Crippen molar-refractivity contribution in [2.75, 3.05) is 5.88 Å². The highest BCUT2D eigenvalue weighted by molar-refractivity contribution is 6.19. The second-order valence-corrected chi connectivity index (χ2v) is 2.68. The van der Waals surface area contributed by atoms with Gasteiger partial charge in [0.05, 0.1) is 5.88 Å². The molecule has 0 saturated carbocycles. The van der Waals surface area contributed by atoms with Crippen LogP contribution in [0.4, 0.5) is 4.39 Å². The molecule has 68 valence electrons. The summed E-state index contributed by atoms with van der Waals surface area (Å²) in [6.07, 6.45) is -0.889. The van der Waals surface area contributed by atoms with E-state index >= 15 is 0 Å². The SMILES string of the molecule is OC(C#CCCl)c1ccc(F)cc1. The molecule has 0 aliphatic rings. The molecule has 0 amide bonds. The van der Waals surface area contributed by atoms with E-state index in [0.29, 0.717) is 5.56 Å². The van der Waals surface area contributed by atoms with Gasteiger partial charge in [-0.05, 0) is 17.7 Å². The van der Waals surface area contributed by atoms with Gasteiger partial charge in [-0.2, -0.15) is 0 Å². The second-order valence-electron chi connectivity index (χ2n) is 2.41. The maximum atomic E-state index is 12.5. The fourth-order valence-corrected chi connectivity index (χ4v) is 0.941. The van der Waals surface area contributed by atoms with Crippen molar-refractivity contribution in [3.63, 3.8) is 0 Å². The van der Waals surface area contributed by atoms with Crippen LogP contribution in [-0.4, -0.2) is 11.0 Å². The number of alkyl halides is 1. The number of halogens is 2. The van der Waals surface area contributed by atoms with E-state index in [9.17, 15) is 9.50 Å². The van der Waals surface area contributed by atoms with Crippen LogP contribution >= 0.6 is 11.6 Å². The van der Waals surface area contributed by atoms with Crippen molar-refractivity contribution in [2.24, 2.45) is 0 Å². The molecule has 1 N–H and O–H groups in total. The number of hydrogen-bond donors (Lipinski definition) is 1. The molecule has 1 nitrogen and oxygen atoms in total. The molecule has 0 fully saturated rings. The van der Waals surface area contributed by atoms with Crippen LogP contribution in [0.2, 0.25) is 0 Å². The molecule has 0 aliphatic heterocycles. The molecule has 0 aromatic heterocycles. The van der Waals surface area contributed by atoms with Gasteiger partial charge in [0, 0.05) is 0 Å². The van der Waals surface area contributed by atoms with Crippen LogP contribution < -0.4 is 0 Å². The largest absolute Gasteiger partial charge is 0.376 e. The van der Waals surface area contributed by atoms with Crippen molar-refractivity contribution >= 4 is 11.6 Å². The van der Waals surface area contributed by atoms with Gasteiger partial charge in [0.2, 0.25) is 0 Å². The predicted molar refractivity (Wildman–Crippen MR) is 49.9 cm³/mol. The van der Waals surface area contributed by atoms with Crippen LogP contribution in [0.1, 0.15) is 11.7 Å². The molecule has 1 atom stereocenters. The Balaban J connectivity index is 2.77. The molecule has 1 aromatic carbocycles. The second kappa shape index (κ2) is 4.86. The summed E-state index contributed by atoms with van der Waals surface area (Å²) in [5.41, 5.74) is 0.569. The van der Waals surface area contributed by atoms with Gasteiger partial charge >= 0.3 is 0 Å². The number of hydrogen-bond acceptors (Lipinski definition) is 1. The Kier molecular flexibility index (Phi) is 3.75. The quantitative estimate of drug-likeness (QED) is 0.541. The molecular formula is C10H8ClFO. The molecule has 0 saturated heterocycles. The third-order valence-corrected chi connectivity index (χ3v) is 1.62. The molecule has 1 rings (SSSR count). The van der Waals surface area contributed by atoms with E-state index < -0.39 is 6.10 Å². The van der Waals surface area contributed by atoms with Crippen molar-refractivity contribution in [3.8, 4) is 11.8 Å². The van der Waals surface area contributed by atoms with Crippen LogP contribution in [0, 0.1) is 17.7 Å². The lowest BCUT2D eigenvalue weighted by Crippen LogP contribution is -1.93. The molecule has 1 aromatic rings. The van der Waals surface area contributed by atoms with Gasteiger partial charge in [-0.3, -0.25) is 0 Å². The van der Waals surface area contributed by atoms with E-state index in [1.165, 1.54) is 24.3 Å². The first-order valence-electron chi connectivity index (χ1n) is 3.72. The molecule has 0 radical (unpaired) electrons. The number of aliphatic hydroxyl groups is 1. The third-order valence-electron chi connectivity index (χ3n) is 1.49. The summed E-state index contributed by atoms with van der Waals surface area (Å²) in [5, 5.41) is 9.39. The summed E-state index contributed by atoms with van der Waals surface area (Å²) in [4.78, 5) is 0. The zero-order chi connectivity index (χ0) is 9.68. The van der Waals surface area contributed by atoms with Gasteiger partial charge in [-0.25, -0.2) is 4.39 Å². The number of rotatable bonds is 1. The lowest BCUT2D eigenvalue weighted by atomic mass is 10.1. The first kappa shape index (κ1) is 10.0. The first-order chi connectivity index (χ1) is 6.24. The molecule has 0 aliphatic carbocycles. The highest BCUT2D eigenvalue weighted by atomic mass is 35.5. The molecular weight excluding hydrogens is 191 g/mol. The van der Waals surface area contributed by atoms with Gasteiger partial charge in [-0.1, -0.05) is 24.0 Å². The fraction of sp³-hybridized carbons (Fsp3) is 0.200.